The third kappa shape index (κ3) is 5.08. The van der Waals surface area contributed by atoms with Crippen molar-refractivity contribution < 1.29 is 13.5 Å². The van der Waals surface area contributed by atoms with Gasteiger partial charge in [0.25, 0.3) is 0 Å². The topological polar surface area (TPSA) is 22.1 Å². The summed E-state index contributed by atoms with van der Waals surface area (Å²) in [6.07, 6.45) is 4.83. The summed E-state index contributed by atoms with van der Waals surface area (Å²) in [4.78, 5) is 4.49. The van der Waals surface area contributed by atoms with Crippen molar-refractivity contribution in [3.05, 3.63) is 94.6 Å². The van der Waals surface area contributed by atoms with E-state index in [4.69, 9.17) is 16.3 Å². The van der Waals surface area contributed by atoms with Gasteiger partial charge < -0.3 is 4.74 Å². The summed E-state index contributed by atoms with van der Waals surface area (Å²) in [6.45, 7) is 2.80. The fourth-order valence-electron chi connectivity index (χ4n) is 3.63. The lowest BCUT2D eigenvalue weighted by molar-refractivity contribution is 0.308. The van der Waals surface area contributed by atoms with E-state index in [9.17, 15) is 4.39 Å². The second-order valence-corrected chi connectivity index (χ2v) is 8.21. The molecule has 5 heteroatoms. The van der Waals surface area contributed by atoms with Crippen molar-refractivity contribution in [3.63, 3.8) is 0 Å². The summed E-state index contributed by atoms with van der Waals surface area (Å²) in [5.41, 5.74) is 3.12. The molecule has 0 aliphatic carbocycles. The predicted octanol–water partition coefficient (Wildman–Crippen LogP) is 7.80. The molecule has 0 aliphatic heterocycles. The minimum Gasteiger partial charge on any atom is -0.492 e. The monoisotopic (exact) mass is 451 g/mol. The first-order valence-electron chi connectivity index (χ1n) is 10.8. The summed E-state index contributed by atoms with van der Waals surface area (Å²) >= 11 is 5.73. The summed E-state index contributed by atoms with van der Waals surface area (Å²) in [6, 6.07) is 17.9. The lowest BCUT2D eigenvalue weighted by atomic mass is 9.98. The number of rotatable bonds is 8. The van der Waals surface area contributed by atoms with Crippen LogP contribution in [-0.4, -0.2) is 11.6 Å². The summed E-state index contributed by atoms with van der Waals surface area (Å²) in [7, 11) is 0. The Morgan fingerprint density at radius 1 is 0.938 bits per heavy atom. The molecule has 0 amide bonds. The van der Waals surface area contributed by atoms with Crippen LogP contribution in [-0.2, 0) is 12.8 Å². The molecule has 0 aliphatic rings. The number of pyridine rings is 1. The Kier molecular flexibility index (Phi) is 7.01. The fraction of sp³-hybridized carbons (Fsp3) is 0.222. The third-order valence-electron chi connectivity index (χ3n) is 5.50. The number of fused-ring (bicyclic) bond motifs is 1. The molecule has 0 bridgehead atoms. The van der Waals surface area contributed by atoms with Crippen LogP contribution in [0.25, 0.3) is 22.0 Å². The number of aromatic nitrogens is 1. The van der Waals surface area contributed by atoms with Gasteiger partial charge in [-0.3, -0.25) is 4.98 Å². The number of unbranched alkanes of at least 4 members (excludes halogenated alkanes) is 1. The smallest absolute Gasteiger partial charge is 0.142 e. The van der Waals surface area contributed by atoms with Crippen molar-refractivity contribution >= 4 is 22.4 Å². The van der Waals surface area contributed by atoms with Gasteiger partial charge >= 0.3 is 0 Å². The highest BCUT2D eigenvalue weighted by Crippen LogP contribution is 2.28. The summed E-state index contributed by atoms with van der Waals surface area (Å²) in [5, 5.41) is 1.47. The van der Waals surface area contributed by atoms with Crippen LogP contribution in [0.3, 0.4) is 0 Å². The van der Waals surface area contributed by atoms with E-state index in [1.54, 1.807) is 24.4 Å². The van der Waals surface area contributed by atoms with Gasteiger partial charge in [-0.15, -0.1) is 0 Å². The van der Waals surface area contributed by atoms with E-state index >= 15 is 4.39 Å². The Hall–Kier alpha value is -2.98. The Bertz CT molecular complexity index is 1220. The average Bonchev–Trinajstić information content (AvgIpc) is 2.81. The molecule has 0 fully saturated rings. The van der Waals surface area contributed by atoms with Crippen molar-refractivity contribution in [1.29, 1.82) is 0 Å². The largest absolute Gasteiger partial charge is 0.492 e. The highest BCUT2D eigenvalue weighted by Gasteiger charge is 2.10. The molecule has 1 heterocycles. The van der Waals surface area contributed by atoms with Gasteiger partial charge in [0.15, 0.2) is 0 Å². The number of ether oxygens (including phenoxy) is 1. The predicted molar refractivity (Wildman–Crippen MR) is 126 cm³/mol. The summed E-state index contributed by atoms with van der Waals surface area (Å²) < 4.78 is 34.4. The minimum atomic E-state index is -0.454. The first-order valence-corrected chi connectivity index (χ1v) is 11.2. The van der Waals surface area contributed by atoms with Crippen molar-refractivity contribution in [2.24, 2.45) is 0 Å². The molecule has 0 saturated carbocycles. The molecule has 164 valence electrons. The van der Waals surface area contributed by atoms with E-state index in [1.807, 2.05) is 30.3 Å². The van der Waals surface area contributed by atoms with Crippen LogP contribution in [0.15, 0.2) is 66.9 Å². The van der Waals surface area contributed by atoms with Crippen LogP contribution in [0.5, 0.6) is 5.75 Å². The molecule has 3 aromatic carbocycles. The molecule has 4 rings (SSSR count). The van der Waals surface area contributed by atoms with Crippen molar-refractivity contribution in [2.45, 2.75) is 32.6 Å². The molecule has 4 aromatic rings. The van der Waals surface area contributed by atoms with Gasteiger partial charge in [0, 0.05) is 10.9 Å². The maximum absolute atomic E-state index is 15.1. The minimum absolute atomic E-state index is 0.0922. The quantitative estimate of drug-likeness (QED) is 0.255. The van der Waals surface area contributed by atoms with E-state index in [0.717, 1.165) is 40.8 Å². The number of hydrogen-bond donors (Lipinski definition) is 0. The van der Waals surface area contributed by atoms with Gasteiger partial charge in [0.05, 0.1) is 23.5 Å². The van der Waals surface area contributed by atoms with E-state index in [1.165, 1.54) is 12.1 Å². The van der Waals surface area contributed by atoms with Gasteiger partial charge in [0.2, 0.25) is 0 Å². The third-order valence-corrected chi connectivity index (χ3v) is 5.81. The maximum atomic E-state index is 15.1. The highest BCUT2D eigenvalue weighted by atomic mass is 35.5. The first kappa shape index (κ1) is 22.2. The average molecular weight is 452 g/mol. The number of nitrogens with zero attached hydrogens (tertiary/aromatic N) is 1. The Balaban J connectivity index is 1.51. The molecular weight excluding hydrogens is 428 g/mol. The first-order chi connectivity index (χ1) is 15.5. The molecule has 1 aromatic heterocycles. The lowest BCUT2D eigenvalue weighted by Crippen LogP contribution is -1.97. The van der Waals surface area contributed by atoms with E-state index < -0.39 is 5.82 Å². The lowest BCUT2D eigenvalue weighted by Gasteiger charge is -2.10. The second kappa shape index (κ2) is 10.1. The molecular formula is C27H24ClF2NO. The van der Waals surface area contributed by atoms with Gasteiger partial charge in [-0.2, -0.15) is 0 Å². The van der Waals surface area contributed by atoms with Crippen LogP contribution in [0.1, 0.15) is 30.9 Å². The van der Waals surface area contributed by atoms with Crippen LogP contribution in [0.4, 0.5) is 8.78 Å². The Morgan fingerprint density at radius 2 is 1.81 bits per heavy atom. The molecule has 0 saturated heterocycles. The van der Waals surface area contributed by atoms with Gasteiger partial charge in [0.1, 0.15) is 17.4 Å². The molecule has 2 nitrogen and oxygen atoms in total. The van der Waals surface area contributed by atoms with Crippen LogP contribution in [0, 0.1) is 11.6 Å². The number of hydrogen-bond acceptors (Lipinski definition) is 2. The molecule has 0 radical (unpaired) electrons. The molecule has 32 heavy (non-hydrogen) atoms. The van der Waals surface area contributed by atoms with Gasteiger partial charge in [-0.1, -0.05) is 55.3 Å². The maximum Gasteiger partial charge on any atom is 0.142 e. The Morgan fingerprint density at radius 3 is 2.56 bits per heavy atom. The molecule has 0 spiro atoms. The van der Waals surface area contributed by atoms with E-state index in [0.29, 0.717) is 30.4 Å². The fourth-order valence-corrected chi connectivity index (χ4v) is 3.75. The second-order valence-electron chi connectivity index (χ2n) is 7.80. The normalized spacial score (nSPS) is 11.1. The van der Waals surface area contributed by atoms with E-state index in [-0.39, 0.29) is 10.8 Å². The number of aryl methyl sites for hydroxylation is 2. The molecule has 0 atom stereocenters. The number of halogens is 3. The van der Waals surface area contributed by atoms with Crippen LogP contribution < -0.4 is 4.74 Å². The van der Waals surface area contributed by atoms with Crippen molar-refractivity contribution in [1.82, 2.24) is 4.98 Å². The van der Waals surface area contributed by atoms with Crippen molar-refractivity contribution in [3.8, 4) is 17.0 Å². The van der Waals surface area contributed by atoms with Crippen molar-refractivity contribution in [2.75, 3.05) is 6.61 Å². The zero-order chi connectivity index (χ0) is 22.5. The van der Waals surface area contributed by atoms with Gasteiger partial charge in [-0.25, -0.2) is 8.78 Å². The highest BCUT2D eigenvalue weighted by molar-refractivity contribution is 6.30. The molecule has 0 unspecified atom stereocenters. The Labute approximate surface area is 191 Å². The van der Waals surface area contributed by atoms with E-state index in [2.05, 4.69) is 11.9 Å². The number of benzene rings is 3. The zero-order valence-electron chi connectivity index (χ0n) is 17.9. The zero-order valence-corrected chi connectivity index (χ0v) is 18.6. The van der Waals surface area contributed by atoms with Gasteiger partial charge in [-0.05, 0) is 66.1 Å². The molecule has 0 N–H and O–H groups in total. The van der Waals surface area contributed by atoms with Crippen LogP contribution >= 0.6 is 11.6 Å². The van der Waals surface area contributed by atoms with Crippen LogP contribution in [0.2, 0.25) is 5.02 Å². The standard InChI is InChI=1S/C27H24ClF2NO/c1-2-3-14-32-22-10-13-26(31-17-22)21-9-11-23-20(16-21)8-7-19(27(23)30)6-4-18-5-12-24(28)25(29)15-18/h5,7-13,15-17H,2-4,6,14H2,1H3. The SMILES string of the molecule is CCCCOc1ccc(-c2ccc3c(F)c(CCc4ccc(Cl)c(F)c4)ccc3c2)nc1. The summed E-state index contributed by atoms with van der Waals surface area (Å²) in [5.74, 6) is 0.0557.